The van der Waals surface area contributed by atoms with Crippen molar-refractivity contribution in [2.24, 2.45) is 0 Å². The number of nitrogens with zero attached hydrogens (tertiary/aromatic N) is 2. The first kappa shape index (κ1) is 17.0. The van der Waals surface area contributed by atoms with Crippen LogP contribution in [0.25, 0.3) is 11.0 Å². The predicted molar refractivity (Wildman–Crippen MR) is 109 cm³/mol. The zero-order valence-corrected chi connectivity index (χ0v) is 15.8. The van der Waals surface area contributed by atoms with Gasteiger partial charge in [-0.3, -0.25) is 0 Å². The highest BCUT2D eigenvalue weighted by Crippen LogP contribution is 2.29. The van der Waals surface area contributed by atoms with Crippen LogP contribution >= 0.6 is 0 Å². The number of aromatic nitrogens is 2. The van der Waals surface area contributed by atoms with Crippen molar-refractivity contribution in [2.75, 3.05) is 11.9 Å². The number of aromatic amines is 1. The van der Waals surface area contributed by atoms with Crippen molar-refractivity contribution in [3.05, 3.63) is 59.9 Å². The lowest BCUT2D eigenvalue weighted by molar-refractivity contribution is 0.427. The molecule has 1 aliphatic carbocycles. The average Bonchev–Trinajstić information content (AvgIpc) is 3.13. The van der Waals surface area contributed by atoms with E-state index in [1.165, 1.54) is 32.1 Å². The highest BCUT2D eigenvalue weighted by atomic mass is 32.1. The molecule has 1 aliphatic rings. The van der Waals surface area contributed by atoms with Gasteiger partial charge in [0.1, 0.15) is 16.1 Å². The van der Waals surface area contributed by atoms with Crippen LogP contribution in [-0.2, 0) is 11.3 Å². The fraction of sp³-hybridized carbons (Fsp3) is 0.333. The number of para-hydroxylation sites is 3. The third-order valence-corrected chi connectivity index (χ3v) is 5.92. The maximum Gasteiger partial charge on any atom is 0.152 e. The normalized spacial score (nSPS) is 15.1. The number of anilines is 1. The molecule has 0 aliphatic heterocycles. The van der Waals surface area contributed by atoms with Gasteiger partial charge in [0.05, 0.1) is 11.0 Å². The van der Waals surface area contributed by atoms with Gasteiger partial charge >= 0.3 is 0 Å². The number of rotatable bonds is 4. The molecule has 0 spiro atoms. The second-order valence-corrected chi connectivity index (χ2v) is 7.51. The highest BCUT2D eigenvalue weighted by Gasteiger charge is 2.22. The Bertz CT molecular complexity index is 935. The summed E-state index contributed by atoms with van der Waals surface area (Å²) in [7, 11) is 2.15. The molecule has 3 aromatic rings. The number of fused-ring (bicyclic) bond motifs is 1. The van der Waals surface area contributed by atoms with Gasteiger partial charge in [-0.15, -0.1) is 0 Å². The Morgan fingerprint density at radius 2 is 1.81 bits per heavy atom. The van der Waals surface area contributed by atoms with Gasteiger partial charge in [0, 0.05) is 24.3 Å². The number of benzene rings is 2. The standard InChI is InChI=1S/C21H23N3OS/c1-24(15-9-3-2-4-10-15)19-14-8-5-11-16(19)20(26-25)21-22-17-12-6-7-13-18(17)23-21/h5-8,11-15H,2-4,9-10H2,1H3,(H,22,23). The average molecular weight is 366 g/mol. The van der Waals surface area contributed by atoms with Crippen molar-refractivity contribution >= 4 is 32.8 Å². The summed E-state index contributed by atoms with van der Waals surface area (Å²) in [5, 5.41) is 0. The Morgan fingerprint density at radius 1 is 1.08 bits per heavy atom. The number of imidazole rings is 1. The van der Waals surface area contributed by atoms with Crippen LogP contribution in [0.2, 0.25) is 0 Å². The summed E-state index contributed by atoms with van der Waals surface area (Å²) in [6.45, 7) is 0. The molecule has 2 aromatic carbocycles. The van der Waals surface area contributed by atoms with E-state index in [-0.39, 0.29) is 0 Å². The van der Waals surface area contributed by atoms with Crippen LogP contribution in [0.15, 0.2) is 48.5 Å². The second-order valence-electron chi connectivity index (χ2n) is 6.93. The van der Waals surface area contributed by atoms with Crippen LogP contribution in [-0.4, -0.2) is 32.1 Å². The van der Waals surface area contributed by atoms with Crippen molar-refractivity contribution in [3.8, 4) is 0 Å². The predicted octanol–water partition coefficient (Wildman–Crippen LogP) is 4.11. The smallest absolute Gasteiger partial charge is 0.152 e. The molecule has 0 unspecified atom stereocenters. The Hall–Kier alpha value is -2.40. The van der Waals surface area contributed by atoms with E-state index in [2.05, 4.69) is 28.0 Å². The SMILES string of the molecule is CN(c1ccccc1C(=S=O)c1nc2ccccc2[nH]1)C1CCCCC1. The zero-order chi connectivity index (χ0) is 17.9. The summed E-state index contributed by atoms with van der Waals surface area (Å²) in [5.74, 6) is 0.649. The Labute approximate surface area is 157 Å². The monoisotopic (exact) mass is 365 g/mol. The first-order chi connectivity index (χ1) is 12.8. The fourth-order valence-corrected chi connectivity index (χ4v) is 4.35. The highest BCUT2D eigenvalue weighted by molar-refractivity contribution is 7.67. The molecule has 0 amide bonds. The second kappa shape index (κ2) is 7.46. The quantitative estimate of drug-likeness (QED) is 0.559. The summed E-state index contributed by atoms with van der Waals surface area (Å²) in [4.78, 5) is 11.0. The molecule has 0 saturated heterocycles. The molecule has 134 valence electrons. The molecule has 0 radical (unpaired) electrons. The van der Waals surface area contributed by atoms with Crippen molar-refractivity contribution in [3.63, 3.8) is 0 Å². The first-order valence-corrected chi connectivity index (χ1v) is 9.96. The molecule has 26 heavy (non-hydrogen) atoms. The Kier molecular flexibility index (Phi) is 4.89. The van der Waals surface area contributed by atoms with Crippen LogP contribution in [0.1, 0.15) is 43.5 Å². The lowest BCUT2D eigenvalue weighted by Crippen LogP contribution is -2.34. The van der Waals surface area contributed by atoms with Gasteiger partial charge in [-0.2, -0.15) is 0 Å². The van der Waals surface area contributed by atoms with Crippen LogP contribution < -0.4 is 4.90 Å². The lowest BCUT2D eigenvalue weighted by atomic mass is 9.93. The van der Waals surface area contributed by atoms with E-state index in [4.69, 9.17) is 0 Å². The molecule has 0 atom stereocenters. The number of H-pyrrole nitrogens is 1. The Morgan fingerprint density at radius 3 is 2.58 bits per heavy atom. The molecular formula is C21H23N3OS. The summed E-state index contributed by atoms with van der Waals surface area (Å²) < 4.78 is 12.1. The molecule has 1 heterocycles. The van der Waals surface area contributed by atoms with Gasteiger partial charge in [-0.25, -0.2) is 9.19 Å². The van der Waals surface area contributed by atoms with Crippen molar-refractivity contribution in [2.45, 2.75) is 38.1 Å². The van der Waals surface area contributed by atoms with E-state index < -0.39 is 0 Å². The minimum absolute atomic E-state index is 0.516. The number of hydrogen-bond acceptors (Lipinski definition) is 3. The zero-order valence-electron chi connectivity index (χ0n) is 14.9. The van der Waals surface area contributed by atoms with Crippen LogP contribution in [0.5, 0.6) is 0 Å². The third-order valence-electron chi connectivity index (χ3n) is 5.34. The molecular weight excluding hydrogens is 342 g/mol. The minimum Gasteiger partial charge on any atom is -0.371 e. The van der Waals surface area contributed by atoms with Crippen molar-refractivity contribution < 1.29 is 4.21 Å². The van der Waals surface area contributed by atoms with Gasteiger partial charge in [-0.05, 0) is 31.0 Å². The van der Waals surface area contributed by atoms with Gasteiger partial charge in [0.2, 0.25) is 0 Å². The lowest BCUT2D eigenvalue weighted by Gasteiger charge is -2.34. The van der Waals surface area contributed by atoms with E-state index in [9.17, 15) is 4.21 Å². The van der Waals surface area contributed by atoms with Gasteiger partial charge < -0.3 is 9.88 Å². The molecule has 1 N–H and O–H groups in total. The molecule has 1 aromatic heterocycles. The van der Waals surface area contributed by atoms with Crippen LogP contribution in [0.3, 0.4) is 0 Å². The molecule has 5 heteroatoms. The number of hydrogen-bond donors (Lipinski definition) is 1. The fourth-order valence-electron chi connectivity index (χ4n) is 3.91. The summed E-state index contributed by atoms with van der Waals surface area (Å²) in [6, 6.07) is 16.6. The van der Waals surface area contributed by atoms with Gasteiger partial charge in [-0.1, -0.05) is 49.6 Å². The maximum absolute atomic E-state index is 12.1. The van der Waals surface area contributed by atoms with Gasteiger partial charge in [0.25, 0.3) is 0 Å². The van der Waals surface area contributed by atoms with E-state index in [1.54, 1.807) is 0 Å². The third kappa shape index (κ3) is 3.19. The maximum atomic E-state index is 12.1. The largest absolute Gasteiger partial charge is 0.371 e. The molecule has 4 rings (SSSR count). The van der Waals surface area contributed by atoms with Crippen molar-refractivity contribution in [1.82, 2.24) is 9.97 Å². The summed E-state index contributed by atoms with van der Waals surface area (Å²) >= 11 is 0.516. The molecule has 4 nitrogen and oxygen atoms in total. The summed E-state index contributed by atoms with van der Waals surface area (Å²) in [5.41, 5.74) is 3.90. The summed E-state index contributed by atoms with van der Waals surface area (Å²) in [6.07, 6.45) is 6.34. The van der Waals surface area contributed by atoms with Crippen LogP contribution in [0, 0.1) is 0 Å². The minimum atomic E-state index is 0.516. The Balaban J connectivity index is 1.75. The first-order valence-electron chi connectivity index (χ1n) is 9.22. The topological polar surface area (TPSA) is 49.0 Å². The van der Waals surface area contributed by atoms with Crippen molar-refractivity contribution in [1.29, 1.82) is 0 Å². The molecule has 0 bridgehead atoms. The number of nitrogens with one attached hydrogen (secondary N) is 1. The van der Waals surface area contributed by atoms with E-state index in [1.807, 2.05) is 42.5 Å². The van der Waals surface area contributed by atoms with Crippen LogP contribution in [0.4, 0.5) is 5.69 Å². The molecule has 1 saturated carbocycles. The molecule has 1 fully saturated rings. The van der Waals surface area contributed by atoms with E-state index in [0.29, 0.717) is 28.0 Å². The van der Waals surface area contributed by atoms with E-state index in [0.717, 1.165) is 22.3 Å². The van der Waals surface area contributed by atoms with E-state index >= 15 is 0 Å². The van der Waals surface area contributed by atoms with Gasteiger partial charge in [0.15, 0.2) is 5.82 Å².